The zero-order valence-electron chi connectivity index (χ0n) is 13.3. The Morgan fingerprint density at radius 1 is 0.958 bits per heavy atom. The van der Waals surface area contributed by atoms with E-state index in [-0.39, 0.29) is 11.9 Å². The summed E-state index contributed by atoms with van der Waals surface area (Å²) >= 11 is 12.1. The van der Waals surface area contributed by atoms with Gasteiger partial charge >= 0.3 is 0 Å². The summed E-state index contributed by atoms with van der Waals surface area (Å²) in [4.78, 5) is 15.2. The number of halogens is 2. The molecule has 1 aliphatic heterocycles. The van der Waals surface area contributed by atoms with Crippen LogP contribution in [0.5, 0.6) is 0 Å². The van der Waals surface area contributed by atoms with Gasteiger partial charge in [0.05, 0.1) is 0 Å². The number of hydrogen-bond acceptors (Lipinski definition) is 2. The Bertz CT molecular complexity index is 680. The molecule has 2 aromatic carbocycles. The van der Waals surface area contributed by atoms with Crippen molar-refractivity contribution >= 4 is 34.8 Å². The molecule has 0 bridgehead atoms. The summed E-state index contributed by atoms with van der Waals surface area (Å²) in [5, 5.41) is 3.98. The number of carbonyl (C=O) groups is 1. The lowest BCUT2D eigenvalue weighted by molar-refractivity contribution is -0.122. The van der Waals surface area contributed by atoms with Gasteiger partial charge in [-0.3, -0.25) is 9.69 Å². The summed E-state index contributed by atoms with van der Waals surface area (Å²) in [6, 6.07) is 14.7. The molecule has 0 saturated carbocycles. The molecule has 1 N–H and O–H groups in total. The first-order chi connectivity index (χ1) is 11.6. The fraction of sp³-hybridized carbons (Fsp3) is 0.316. The Labute approximate surface area is 152 Å². The van der Waals surface area contributed by atoms with Crippen molar-refractivity contribution in [3.05, 3.63) is 64.1 Å². The smallest absolute Gasteiger partial charge is 0.246 e. The molecule has 24 heavy (non-hydrogen) atoms. The van der Waals surface area contributed by atoms with Gasteiger partial charge in [0.2, 0.25) is 5.91 Å². The van der Waals surface area contributed by atoms with Crippen molar-refractivity contribution in [3.63, 3.8) is 0 Å². The minimum atomic E-state index is -0.302. The van der Waals surface area contributed by atoms with Crippen molar-refractivity contribution in [1.29, 1.82) is 0 Å². The third-order valence-electron chi connectivity index (χ3n) is 4.25. The lowest BCUT2D eigenvalue weighted by Gasteiger charge is -2.34. The first-order valence-corrected chi connectivity index (χ1v) is 8.95. The van der Waals surface area contributed by atoms with Gasteiger partial charge in [0.25, 0.3) is 0 Å². The van der Waals surface area contributed by atoms with Crippen LogP contribution in [0, 0.1) is 0 Å². The fourth-order valence-electron chi connectivity index (χ4n) is 3.18. The van der Waals surface area contributed by atoms with Gasteiger partial charge in [-0.2, -0.15) is 0 Å². The van der Waals surface area contributed by atoms with Gasteiger partial charge in [-0.05, 0) is 49.7 Å². The normalized spacial score (nSPS) is 16.6. The van der Waals surface area contributed by atoms with Crippen LogP contribution in [-0.2, 0) is 4.79 Å². The van der Waals surface area contributed by atoms with Crippen LogP contribution in [0.15, 0.2) is 48.5 Å². The minimum Gasteiger partial charge on any atom is -0.324 e. The molecule has 3 rings (SSSR count). The number of rotatable bonds is 4. The van der Waals surface area contributed by atoms with Gasteiger partial charge in [-0.1, -0.05) is 60.0 Å². The number of anilines is 1. The minimum absolute atomic E-state index is 0.0542. The van der Waals surface area contributed by atoms with Crippen molar-refractivity contribution in [3.8, 4) is 0 Å². The lowest BCUT2D eigenvalue weighted by atomic mass is 10.0. The average molecular weight is 363 g/mol. The van der Waals surface area contributed by atoms with Crippen LogP contribution in [0.25, 0.3) is 0 Å². The molecule has 126 valence electrons. The summed E-state index contributed by atoms with van der Waals surface area (Å²) in [5.74, 6) is -0.0542. The number of amides is 1. The molecule has 1 fully saturated rings. The molecule has 1 atom stereocenters. The van der Waals surface area contributed by atoms with Crippen LogP contribution in [-0.4, -0.2) is 23.9 Å². The van der Waals surface area contributed by atoms with E-state index in [1.807, 2.05) is 30.3 Å². The average Bonchev–Trinajstić information content (AvgIpc) is 2.56. The maximum absolute atomic E-state index is 13.0. The predicted octanol–water partition coefficient (Wildman–Crippen LogP) is 5.16. The number of piperidine rings is 1. The molecule has 1 aliphatic rings. The second kappa shape index (κ2) is 8.02. The van der Waals surface area contributed by atoms with Crippen LogP contribution in [0.3, 0.4) is 0 Å². The SMILES string of the molecule is O=C(Nc1cc(Cl)cc(Cl)c1)[C@@H](c1ccccc1)N1CCCCC1. The van der Waals surface area contributed by atoms with Crippen LogP contribution >= 0.6 is 23.2 Å². The van der Waals surface area contributed by atoms with E-state index >= 15 is 0 Å². The summed E-state index contributed by atoms with van der Waals surface area (Å²) in [6.45, 7) is 1.87. The van der Waals surface area contributed by atoms with E-state index in [9.17, 15) is 4.79 Å². The van der Waals surface area contributed by atoms with Crippen molar-refractivity contribution in [2.24, 2.45) is 0 Å². The molecule has 2 aromatic rings. The second-order valence-corrected chi connectivity index (χ2v) is 6.93. The third kappa shape index (κ3) is 4.29. The molecule has 0 spiro atoms. The molecular formula is C19H20Cl2N2O. The quantitative estimate of drug-likeness (QED) is 0.814. The fourth-order valence-corrected chi connectivity index (χ4v) is 3.70. The third-order valence-corrected chi connectivity index (χ3v) is 4.69. The van der Waals surface area contributed by atoms with Gasteiger partial charge in [0, 0.05) is 15.7 Å². The molecule has 3 nitrogen and oxygen atoms in total. The Balaban J connectivity index is 1.85. The molecule has 0 aromatic heterocycles. The van der Waals surface area contributed by atoms with Crippen molar-refractivity contribution in [2.45, 2.75) is 25.3 Å². The number of carbonyl (C=O) groups excluding carboxylic acids is 1. The molecule has 1 amide bonds. The number of likely N-dealkylation sites (tertiary alicyclic amines) is 1. The van der Waals surface area contributed by atoms with Crippen LogP contribution < -0.4 is 5.32 Å². The van der Waals surface area contributed by atoms with Crippen LogP contribution in [0.2, 0.25) is 10.0 Å². The summed E-state index contributed by atoms with van der Waals surface area (Å²) in [6.07, 6.45) is 3.47. The molecule has 5 heteroatoms. The Morgan fingerprint density at radius 3 is 2.21 bits per heavy atom. The van der Waals surface area contributed by atoms with E-state index in [1.165, 1.54) is 6.42 Å². The molecule has 1 heterocycles. The molecule has 0 radical (unpaired) electrons. The topological polar surface area (TPSA) is 32.3 Å². The number of hydrogen-bond donors (Lipinski definition) is 1. The summed E-state index contributed by atoms with van der Waals surface area (Å²) in [7, 11) is 0. The van der Waals surface area contributed by atoms with E-state index < -0.39 is 0 Å². The molecule has 0 unspecified atom stereocenters. The van der Waals surface area contributed by atoms with E-state index in [2.05, 4.69) is 10.2 Å². The van der Waals surface area contributed by atoms with E-state index in [4.69, 9.17) is 23.2 Å². The monoisotopic (exact) mass is 362 g/mol. The van der Waals surface area contributed by atoms with Gasteiger partial charge < -0.3 is 5.32 Å². The van der Waals surface area contributed by atoms with Crippen molar-refractivity contribution in [1.82, 2.24) is 4.90 Å². The highest BCUT2D eigenvalue weighted by Gasteiger charge is 2.28. The van der Waals surface area contributed by atoms with E-state index in [1.54, 1.807) is 18.2 Å². The largest absolute Gasteiger partial charge is 0.324 e. The van der Waals surface area contributed by atoms with Gasteiger partial charge in [-0.15, -0.1) is 0 Å². The predicted molar refractivity (Wildman–Crippen MR) is 99.7 cm³/mol. The Hall–Kier alpha value is -1.55. The Morgan fingerprint density at radius 2 is 1.58 bits per heavy atom. The van der Waals surface area contributed by atoms with Gasteiger partial charge in [0.15, 0.2) is 0 Å². The second-order valence-electron chi connectivity index (χ2n) is 6.06. The van der Waals surface area contributed by atoms with Gasteiger partial charge in [0.1, 0.15) is 6.04 Å². The molecular weight excluding hydrogens is 343 g/mol. The standard InChI is InChI=1S/C19H20Cl2N2O/c20-15-11-16(21)13-17(12-15)22-19(24)18(14-7-3-1-4-8-14)23-9-5-2-6-10-23/h1,3-4,7-8,11-13,18H,2,5-6,9-10H2,(H,22,24)/t18-/m1/s1. The van der Waals surface area contributed by atoms with Crippen molar-refractivity contribution in [2.75, 3.05) is 18.4 Å². The van der Waals surface area contributed by atoms with Crippen LogP contribution in [0.1, 0.15) is 30.9 Å². The van der Waals surface area contributed by atoms with E-state index in [0.29, 0.717) is 15.7 Å². The first-order valence-electron chi connectivity index (χ1n) is 8.19. The number of nitrogens with zero attached hydrogens (tertiary/aromatic N) is 1. The molecule has 1 saturated heterocycles. The zero-order valence-corrected chi connectivity index (χ0v) is 14.9. The molecule has 0 aliphatic carbocycles. The number of nitrogens with one attached hydrogen (secondary N) is 1. The van der Waals surface area contributed by atoms with Crippen molar-refractivity contribution < 1.29 is 4.79 Å². The highest BCUT2D eigenvalue weighted by Crippen LogP contribution is 2.28. The Kier molecular flexibility index (Phi) is 5.77. The first kappa shape index (κ1) is 17.3. The summed E-state index contributed by atoms with van der Waals surface area (Å²) in [5.41, 5.74) is 1.63. The lowest BCUT2D eigenvalue weighted by Crippen LogP contribution is -2.40. The van der Waals surface area contributed by atoms with Crippen LogP contribution in [0.4, 0.5) is 5.69 Å². The van der Waals surface area contributed by atoms with E-state index in [0.717, 1.165) is 31.5 Å². The maximum Gasteiger partial charge on any atom is 0.246 e. The maximum atomic E-state index is 13.0. The van der Waals surface area contributed by atoms with Gasteiger partial charge in [-0.25, -0.2) is 0 Å². The summed E-state index contributed by atoms with van der Waals surface area (Å²) < 4.78 is 0. The number of benzene rings is 2. The zero-order chi connectivity index (χ0) is 16.9. The highest BCUT2D eigenvalue weighted by molar-refractivity contribution is 6.35. The highest BCUT2D eigenvalue weighted by atomic mass is 35.5.